The number of carbonyl (C=O) groups is 1. The summed E-state index contributed by atoms with van der Waals surface area (Å²) in [5.74, 6) is 0.0919. The number of fused-ring (bicyclic) bond motifs is 1. The van der Waals surface area contributed by atoms with Crippen molar-refractivity contribution in [3.8, 4) is 0 Å². The second kappa shape index (κ2) is 7.10. The molecule has 1 N–H and O–H groups in total. The van der Waals surface area contributed by atoms with Crippen LogP contribution in [0.5, 0.6) is 0 Å². The van der Waals surface area contributed by atoms with Gasteiger partial charge < -0.3 is 5.32 Å². The predicted octanol–water partition coefficient (Wildman–Crippen LogP) is 4.65. The number of hydrogen-bond acceptors (Lipinski definition) is 1. The number of nitrogens with one attached hydrogen (secondary N) is 1. The van der Waals surface area contributed by atoms with Crippen molar-refractivity contribution in [1.29, 1.82) is 0 Å². The van der Waals surface area contributed by atoms with Gasteiger partial charge in [0.05, 0.1) is 6.04 Å². The lowest BCUT2D eigenvalue weighted by molar-refractivity contribution is -0.121. The van der Waals surface area contributed by atoms with Gasteiger partial charge in [0.2, 0.25) is 5.91 Å². The van der Waals surface area contributed by atoms with Gasteiger partial charge in [-0.3, -0.25) is 4.79 Å². The normalized spacial score (nSPS) is 12.0. The fourth-order valence-corrected chi connectivity index (χ4v) is 2.92. The third kappa shape index (κ3) is 3.78. The van der Waals surface area contributed by atoms with Crippen LogP contribution in [-0.4, -0.2) is 5.91 Å². The van der Waals surface area contributed by atoms with Crippen LogP contribution in [0.1, 0.15) is 30.5 Å². The van der Waals surface area contributed by atoms with Crippen molar-refractivity contribution in [3.05, 3.63) is 83.9 Å². The Kier molecular flexibility index (Phi) is 4.72. The molecule has 116 valence electrons. The zero-order valence-corrected chi connectivity index (χ0v) is 13.3. The maximum absolute atomic E-state index is 12.2. The SMILES string of the molecule is C[C@H](NC(=O)CCc1ccccc1)c1cccc2ccccc12. The van der Waals surface area contributed by atoms with Crippen LogP contribution in [0.2, 0.25) is 0 Å². The van der Waals surface area contributed by atoms with Gasteiger partial charge in [0.1, 0.15) is 0 Å². The number of benzene rings is 3. The van der Waals surface area contributed by atoms with Crippen molar-refractivity contribution < 1.29 is 4.79 Å². The predicted molar refractivity (Wildman–Crippen MR) is 95.3 cm³/mol. The molecule has 0 spiro atoms. The van der Waals surface area contributed by atoms with Gasteiger partial charge in [-0.05, 0) is 35.2 Å². The van der Waals surface area contributed by atoms with E-state index in [2.05, 4.69) is 41.7 Å². The van der Waals surface area contributed by atoms with E-state index in [0.717, 1.165) is 12.0 Å². The summed E-state index contributed by atoms with van der Waals surface area (Å²) >= 11 is 0. The molecular weight excluding hydrogens is 282 g/mol. The topological polar surface area (TPSA) is 29.1 Å². The van der Waals surface area contributed by atoms with Gasteiger partial charge in [0.25, 0.3) is 0 Å². The molecule has 3 aromatic rings. The largest absolute Gasteiger partial charge is 0.350 e. The molecule has 1 atom stereocenters. The van der Waals surface area contributed by atoms with E-state index >= 15 is 0 Å². The monoisotopic (exact) mass is 303 g/mol. The molecule has 3 aromatic carbocycles. The summed E-state index contributed by atoms with van der Waals surface area (Å²) in [5, 5.41) is 5.52. The van der Waals surface area contributed by atoms with E-state index in [-0.39, 0.29) is 11.9 Å². The minimum Gasteiger partial charge on any atom is -0.350 e. The molecule has 0 heterocycles. The lowest BCUT2D eigenvalue weighted by atomic mass is 9.99. The average Bonchev–Trinajstić information content (AvgIpc) is 2.60. The number of carbonyl (C=O) groups excluding carboxylic acids is 1. The fraction of sp³-hybridized carbons (Fsp3) is 0.190. The van der Waals surface area contributed by atoms with Crippen LogP contribution in [0.4, 0.5) is 0 Å². The first-order valence-corrected chi connectivity index (χ1v) is 8.05. The van der Waals surface area contributed by atoms with Crippen molar-refractivity contribution in [2.24, 2.45) is 0 Å². The molecule has 23 heavy (non-hydrogen) atoms. The van der Waals surface area contributed by atoms with Crippen molar-refractivity contribution >= 4 is 16.7 Å². The van der Waals surface area contributed by atoms with Crippen LogP contribution in [0, 0.1) is 0 Å². The Morgan fingerprint density at radius 1 is 0.913 bits per heavy atom. The quantitative estimate of drug-likeness (QED) is 0.730. The Morgan fingerprint density at radius 3 is 2.43 bits per heavy atom. The third-order valence-electron chi connectivity index (χ3n) is 4.15. The molecule has 2 nitrogen and oxygen atoms in total. The standard InChI is InChI=1S/C21H21NO/c1-16(19-13-7-11-18-10-5-6-12-20(18)19)22-21(23)15-14-17-8-3-2-4-9-17/h2-13,16H,14-15H2,1H3,(H,22,23)/t16-/m0/s1. The van der Waals surface area contributed by atoms with Crippen molar-refractivity contribution in [1.82, 2.24) is 5.32 Å². The molecule has 0 aliphatic rings. The Labute approximate surface area is 137 Å². The summed E-state index contributed by atoms with van der Waals surface area (Å²) in [6.07, 6.45) is 1.29. The summed E-state index contributed by atoms with van der Waals surface area (Å²) in [7, 11) is 0. The fourth-order valence-electron chi connectivity index (χ4n) is 2.92. The van der Waals surface area contributed by atoms with Gasteiger partial charge in [-0.15, -0.1) is 0 Å². The van der Waals surface area contributed by atoms with Crippen LogP contribution < -0.4 is 5.32 Å². The second-order valence-electron chi connectivity index (χ2n) is 5.84. The number of amides is 1. The van der Waals surface area contributed by atoms with E-state index in [0.29, 0.717) is 6.42 Å². The van der Waals surface area contributed by atoms with Crippen molar-refractivity contribution in [2.45, 2.75) is 25.8 Å². The highest BCUT2D eigenvalue weighted by atomic mass is 16.1. The summed E-state index contributed by atoms with van der Waals surface area (Å²) in [6, 6.07) is 24.6. The van der Waals surface area contributed by atoms with Crippen LogP contribution >= 0.6 is 0 Å². The highest BCUT2D eigenvalue weighted by Crippen LogP contribution is 2.24. The molecule has 0 radical (unpaired) electrons. The Hall–Kier alpha value is -2.61. The molecule has 2 heteroatoms. The van der Waals surface area contributed by atoms with E-state index in [4.69, 9.17) is 0 Å². The Morgan fingerprint density at radius 2 is 1.61 bits per heavy atom. The molecule has 0 saturated heterocycles. The number of rotatable bonds is 5. The second-order valence-corrected chi connectivity index (χ2v) is 5.84. The zero-order valence-electron chi connectivity index (χ0n) is 13.3. The first-order chi connectivity index (χ1) is 11.2. The van der Waals surface area contributed by atoms with Crippen LogP contribution in [0.25, 0.3) is 10.8 Å². The molecule has 0 aliphatic heterocycles. The number of hydrogen-bond donors (Lipinski definition) is 1. The third-order valence-corrected chi connectivity index (χ3v) is 4.15. The summed E-state index contributed by atoms with van der Waals surface area (Å²) in [6.45, 7) is 2.04. The molecule has 1 amide bonds. The molecule has 0 bridgehead atoms. The van der Waals surface area contributed by atoms with Gasteiger partial charge in [-0.1, -0.05) is 72.8 Å². The molecule has 0 fully saturated rings. The maximum atomic E-state index is 12.2. The first kappa shape index (κ1) is 15.3. The smallest absolute Gasteiger partial charge is 0.220 e. The lowest BCUT2D eigenvalue weighted by Gasteiger charge is -2.16. The van der Waals surface area contributed by atoms with Crippen LogP contribution in [-0.2, 0) is 11.2 Å². The van der Waals surface area contributed by atoms with Gasteiger partial charge in [0, 0.05) is 6.42 Å². The lowest BCUT2D eigenvalue weighted by Crippen LogP contribution is -2.26. The molecule has 3 rings (SSSR count). The highest BCUT2D eigenvalue weighted by Gasteiger charge is 2.12. The molecule has 0 unspecified atom stereocenters. The van der Waals surface area contributed by atoms with Gasteiger partial charge in [0.15, 0.2) is 0 Å². The number of aryl methyl sites for hydroxylation is 1. The summed E-state index contributed by atoms with van der Waals surface area (Å²) < 4.78 is 0. The average molecular weight is 303 g/mol. The maximum Gasteiger partial charge on any atom is 0.220 e. The van der Waals surface area contributed by atoms with Gasteiger partial charge in [-0.2, -0.15) is 0 Å². The van der Waals surface area contributed by atoms with E-state index in [1.165, 1.54) is 16.3 Å². The van der Waals surface area contributed by atoms with E-state index in [1.54, 1.807) is 0 Å². The summed E-state index contributed by atoms with van der Waals surface area (Å²) in [4.78, 5) is 12.2. The Balaban J connectivity index is 1.66. The molecule has 0 saturated carbocycles. The van der Waals surface area contributed by atoms with Crippen LogP contribution in [0.3, 0.4) is 0 Å². The van der Waals surface area contributed by atoms with E-state index < -0.39 is 0 Å². The molecule has 0 aromatic heterocycles. The first-order valence-electron chi connectivity index (χ1n) is 8.05. The summed E-state index contributed by atoms with van der Waals surface area (Å²) in [5.41, 5.74) is 2.36. The van der Waals surface area contributed by atoms with Crippen molar-refractivity contribution in [2.75, 3.05) is 0 Å². The van der Waals surface area contributed by atoms with Crippen molar-refractivity contribution in [3.63, 3.8) is 0 Å². The van der Waals surface area contributed by atoms with Crippen LogP contribution in [0.15, 0.2) is 72.8 Å². The highest BCUT2D eigenvalue weighted by molar-refractivity contribution is 5.86. The van der Waals surface area contributed by atoms with Gasteiger partial charge in [-0.25, -0.2) is 0 Å². The molecule has 0 aliphatic carbocycles. The molecular formula is C21H21NO. The van der Waals surface area contributed by atoms with E-state index in [9.17, 15) is 4.79 Å². The van der Waals surface area contributed by atoms with Gasteiger partial charge >= 0.3 is 0 Å². The zero-order chi connectivity index (χ0) is 16.1. The Bertz CT molecular complexity index is 790. The van der Waals surface area contributed by atoms with E-state index in [1.807, 2.05) is 43.3 Å². The minimum absolute atomic E-state index is 0.00405. The minimum atomic E-state index is 0.00405.